The van der Waals surface area contributed by atoms with Crippen molar-refractivity contribution in [1.29, 1.82) is 0 Å². The Bertz CT molecular complexity index is 2340. The number of nitrogens with two attached hydrogens (primary N) is 1. The number of azo groups is 2. The molecule has 0 saturated heterocycles. The second kappa shape index (κ2) is 10.9. The van der Waals surface area contributed by atoms with Gasteiger partial charge in [-0.15, -0.1) is 15.3 Å². The molecule has 0 saturated carbocycles. The number of nitrogen functional groups attached to an aromatic ring is 1. The van der Waals surface area contributed by atoms with E-state index in [0.29, 0.717) is 16.5 Å². The van der Waals surface area contributed by atoms with Crippen LogP contribution in [0, 0.1) is 0 Å². The van der Waals surface area contributed by atoms with E-state index in [1.807, 2.05) is 0 Å². The summed E-state index contributed by atoms with van der Waals surface area (Å²) in [5.74, 6) is 0. The zero-order valence-electron chi connectivity index (χ0n) is 21.5. The first-order chi connectivity index (χ1) is 20.1. The number of nitrogens with zero attached hydrogens (tertiary/aromatic N) is 4. The highest BCUT2D eigenvalue weighted by atomic mass is 32.2. The minimum Gasteiger partial charge on any atom is -0.398 e. The highest BCUT2D eigenvalue weighted by Gasteiger charge is 2.16. The van der Waals surface area contributed by atoms with E-state index < -0.39 is 35.2 Å². The molecule has 14 nitrogen and oxygen atoms in total. The van der Waals surface area contributed by atoms with Crippen molar-refractivity contribution in [3.05, 3.63) is 84.9 Å². The lowest BCUT2D eigenvalue weighted by Gasteiger charge is -2.08. The van der Waals surface area contributed by atoms with Gasteiger partial charge in [0.25, 0.3) is 30.4 Å². The molecule has 0 aliphatic carbocycles. The molecule has 0 aromatic heterocycles. The van der Waals surface area contributed by atoms with Gasteiger partial charge in [-0.2, -0.15) is 30.4 Å². The smallest absolute Gasteiger partial charge is 0.294 e. The largest absolute Gasteiger partial charge is 0.398 e. The van der Waals surface area contributed by atoms with Gasteiger partial charge < -0.3 is 5.73 Å². The Kier molecular flexibility index (Phi) is 7.55. The number of anilines is 1. The molecule has 220 valence electrons. The fraction of sp³-hybridized carbons (Fsp3) is 0. The Balaban J connectivity index is 1.64. The lowest BCUT2D eigenvalue weighted by Crippen LogP contribution is -1.98. The van der Waals surface area contributed by atoms with Crippen LogP contribution in [-0.2, 0) is 30.4 Å². The maximum Gasteiger partial charge on any atom is 0.294 e. The van der Waals surface area contributed by atoms with Gasteiger partial charge in [0.15, 0.2) is 0 Å². The molecule has 0 aliphatic heterocycles. The van der Waals surface area contributed by atoms with Crippen LogP contribution in [0.5, 0.6) is 0 Å². The van der Waals surface area contributed by atoms with Gasteiger partial charge in [0, 0.05) is 27.2 Å². The van der Waals surface area contributed by atoms with Gasteiger partial charge in [-0.05, 0) is 66.7 Å². The normalized spacial score (nSPS) is 13.0. The van der Waals surface area contributed by atoms with Crippen LogP contribution in [-0.4, -0.2) is 38.9 Å². The topological polar surface area (TPSA) is 239 Å². The van der Waals surface area contributed by atoms with E-state index in [4.69, 9.17) is 5.73 Å². The van der Waals surface area contributed by atoms with Gasteiger partial charge in [0.2, 0.25) is 0 Å². The quantitative estimate of drug-likeness (QED) is 0.0898. The first kappa shape index (κ1) is 29.8. The summed E-state index contributed by atoms with van der Waals surface area (Å²) in [5.41, 5.74) is 6.94. The van der Waals surface area contributed by atoms with Gasteiger partial charge in [-0.1, -0.05) is 18.2 Å². The standard InChI is InChI=1S/C26H19N5O9S3/c27-23-8-9-25(21-13-17(42(35,36)37)4-6-19(21)23)30-31-26-11-10-24(20-7-5-18(14-22(20)26)43(38,39)40)29-28-15-2-1-3-16(12-15)41(32,33)34/h1-14H,27H2,(H,32,33,34)(H,35,36,37)(H,38,39,40)/b29-28+,31-30+. The monoisotopic (exact) mass is 641 g/mol. The molecule has 0 spiro atoms. The van der Waals surface area contributed by atoms with E-state index >= 15 is 0 Å². The molecule has 0 amide bonds. The molecule has 5 aromatic carbocycles. The SMILES string of the molecule is Nc1ccc(/N=N/c2ccc(/N=N/c3cccc(S(=O)(=O)O)c3)c3ccc(S(=O)(=O)O)cc23)c2cc(S(=O)(=O)O)ccc12. The van der Waals surface area contributed by atoms with Crippen LogP contribution >= 0.6 is 0 Å². The molecule has 5 N–H and O–H groups in total. The van der Waals surface area contributed by atoms with Crippen molar-refractivity contribution in [2.24, 2.45) is 20.5 Å². The fourth-order valence-electron chi connectivity index (χ4n) is 4.14. The van der Waals surface area contributed by atoms with Crippen LogP contribution in [0.4, 0.5) is 28.4 Å². The Hall–Kier alpha value is -4.65. The average molecular weight is 642 g/mol. The third kappa shape index (κ3) is 6.41. The predicted molar refractivity (Wildman–Crippen MR) is 157 cm³/mol. The van der Waals surface area contributed by atoms with Crippen LogP contribution in [0.1, 0.15) is 0 Å². The van der Waals surface area contributed by atoms with E-state index in [1.54, 1.807) is 0 Å². The Labute approximate surface area is 244 Å². The van der Waals surface area contributed by atoms with E-state index in [1.165, 1.54) is 66.7 Å². The van der Waals surface area contributed by atoms with Crippen LogP contribution in [0.25, 0.3) is 21.5 Å². The van der Waals surface area contributed by atoms with E-state index in [9.17, 15) is 38.9 Å². The Morgan fingerprint density at radius 1 is 0.465 bits per heavy atom. The Morgan fingerprint density at radius 3 is 1.47 bits per heavy atom. The van der Waals surface area contributed by atoms with E-state index in [2.05, 4.69) is 20.5 Å². The van der Waals surface area contributed by atoms with Gasteiger partial charge in [-0.3, -0.25) is 13.7 Å². The fourth-order valence-corrected chi connectivity index (χ4v) is 5.67. The number of fused-ring (bicyclic) bond motifs is 2. The van der Waals surface area contributed by atoms with Crippen LogP contribution in [0.3, 0.4) is 0 Å². The number of hydrogen-bond acceptors (Lipinski definition) is 11. The molecular weight excluding hydrogens is 623 g/mol. The summed E-state index contributed by atoms with van der Waals surface area (Å²) in [6, 6.07) is 18.4. The molecule has 0 heterocycles. The summed E-state index contributed by atoms with van der Waals surface area (Å²) < 4.78 is 98.4. The minimum atomic E-state index is -4.62. The van der Waals surface area contributed by atoms with Crippen molar-refractivity contribution in [1.82, 2.24) is 0 Å². The van der Waals surface area contributed by atoms with Crippen molar-refractivity contribution in [2.45, 2.75) is 14.7 Å². The van der Waals surface area contributed by atoms with E-state index in [0.717, 1.165) is 18.2 Å². The van der Waals surface area contributed by atoms with Crippen molar-refractivity contribution in [3.63, 3.8) is 0 Å². The number of hydrogen-bond donors (Lipinski definition) is 4. The lowest BCUT2D eigenvalue weighted by atomic mass is 10.1. The average Bonchev–Trinajstić information content (AvgIpc) is 2.94. The molecular formula is C26H19N5O9S3. The first-order valence-corrected chi connectivity index (χ1v) is 16.2. The zero-order chi connectivity index (χ0) is 31.2. The second-order valence-electron chi connectivity index (χ2n) is 9.02. The minimum absolute atomic E-state index is 0.0982. The molecule has 5 aromatic rings. The highest BCUT2D eigenvalue weighted by molar-refractivity contribution is 7.86. The zero-order valence-corrected chi connectivity index (χ0v) is 23.9. The summed E-state index contributed by atoms with van der Waals surface area (Å²) in [4.78, 5) is -1.22. The van der Waals surface area contributed by atoms with Crippen molar-refractivity contribution < 1.29 is 38.9 Å². The van der Waals surface area contributed by atoms with Gasteiger partial charge in [0.1, 0.15) is 0 Å². The van der Waals surface area contributed by atoms with E-state index in [-0.39, 0.29) is 43.3 Å². The van der Waals surface area contributed by atoms with Crippen molar-refractivity contribution in [3.8, 4) is 0 Å². The summed E-state index contributed by atoms with van der Waals surface area (Å²) >= 11 is 0. The highest BCUT2D eigenvalue weighted by Crippen LogP contribution is 2.38. The Morgan fingerprint density at radius 2 is 0.907 bits per heavy atom. The summed E-state index contributed by atoms with van der Waals surface area (Å²) in [6.07, 6.45) is 0. The number of rotatable bonds is 7. The third-order valence-corrected chi connectivity index (χ3v) is 8.74. The van der Waals surface area contributed by atoms with Crippen LogP contribution < -0.4 is 5.73 Å². The molecule has 5 rings (SSSR count). The summed E-state index contributed by atoms with van der Waals surface area (Å²) in [5, 5.41) is 17.8. The molecule has 0 radical (unpaired) electrons. The maximum atomic E-state index is 11.9. The molecule has 0 bridgehead atoms. The van der Waals surface area contributed by atoms with Crippen LogP contribution in [0.15, 0.2) is 120 Å². The van der Waals surface area contributed by atoms with Gasteiger partial charge in [-0.25, -0.2) is 0 Å². The molecule has 17 heteroatoms. The summed E-state index contributed by atoms with van der Waals surface area (Å²) in [6.45, 7) is 0. The summed E-state index contributed by atoms with van der Waals surface area (Å²) in [7, 11) is -13.6. The maximum absolute atomic E-state index is 11.9. The third-order valence-electron chi connectivity index (χ3n) is 6.19. The van der Waals surface area contributed by atoms with Crippen LogP contribution in [0.2, 0.25) is 0 Å². The first-order valence-electron chi connectivity index (χ1n) is 11.9. The molecule has 0 fully saturated rings. The van der Waals surface area contributed by atoms with Gasteiger partial charge >= 0.3 is 0 Å². The van der Waals surface area contributed by atoms with Crippen molar-refractivity contribution in [2.75, 3.05) is 5.73 Å². The number of benzene rings is 5. The molecule has 0 atom stereocenters. The second-order valence-corrected chi connectivity index (χ2v) is 13.3. The van der Waals surface area contributed by atoms with Crippen molar-refractivity contribution >= 4 is 80.3 Å². The lowest BCUT2D eigenvalue weighted by molar-refractivity contribution is 0.481. The predicted octanol–water partition coefficient (Wildman–Crippen LogP) is 6.15. The molecule has 43 heavy (non-hydrogen) atoms. The molecule has 0 unspecified atom stereocenters. The molecule has 0 aliphatic rings. The van der Waals surface area contributed by atoms with Gasteiger partial charge in [0.05, 0.1) is 37.4 Å².